The van der Waals surface area contributed by atoms with Crippen LogP contribution < -0.4 is 0 Å². The summed E-state index contributed by atoms with van der Waals surface area (Å²) in [4.78, 5) is 6.84. The van der Waals surface area contributed by atoms with Crippen LogP contribution in [0.15, 0.2) is 16.8 Å². The third-order valence-electron chi connectivity index (χ3n) is 4.60. The zero-order chi connectivity index (χ0) is 15.8. The van der Waals surface area contributed by atoms with Crippen molar-refractivity contribution in [3.05, 3.63) is 11.8 Å². The van der Waals surface area contributed by atoms with Gasteiger partial charge in [-0.05, 0) is 26.3 Å². The molecule has 5 heteroatoms. The second kappa shape index (κ2) is 6.07. The molecule has 0 aromatic rings. The molecule has 0 spiro atoms. The minimum Gasteiger partial charge on any atom is -0.382 e. The summed E-state index contributed by atoms with van der Waals surface area (Å²) < 4.78 is 17.3. The normalized spacial score (nSPS) is 35.7. The van der Waals surface area contributed by atoms with Gasteiger partial charge in [0.2, 0.25) is 0 Å². The summed E-state index contributed by atoms with van der Waals surface area (Å²) in [6.07, 6.45) is 1.97. The lowest BCUT2D eigenvalue weighted by Gasteiger charge is -2.39. The molecule has 5 nitrogen and oxygen atoms in total. The molecule has 21 heavy (non-hydrogen) atoms. The molecule has 0 amide bonds. The van der Waals surface area contributed by atoms with Crippen molar-refractivity contribution < 1.29 is 14.2 Å². The largest absolute Gasteiger partial charge is 0.382 e. The Bertz CT molecular complexity index is 445. The first kappa shape index (κ1) is 16.5. The van der Waals surface area contributed by atoms with E-state index in [-0.39, 0.29) is 29.9 Å². The summed E-state index contributed by atoms with van der Waals surface area (Å²) in [5, 5.41) is 0. The first-order valence-electron chi connectivity index (χ1n) is 7.51. The van der Waals surface area contributed by atoms with Crippen LogP contribution in [0.4, 0.5) is 0 Å². The monoisotopic (exact) mass is 296 g/mol. The van der Waals surface area contributed by atoms with E-state index < -0.39 is 0 Å². The highest BCUT2D eigenvalue weighted by Crippen LogP contribution is 2.42. The molecule has 2 rings (SSSR count). The second-order valence-corrected chi connectivity index (χ2v) is 6.59. The number of nitrogens with zero attached hydrogens (tertiary/aromatic N) is 2. The number of aliphatic imine (C=N–C) groups is 1. The summed E-state index contributed by atoms with van der Waals surface area (Å²) in [7, 11) is 3.43. The number of amidine groups is 1. The minimum atomic E-state index is -0.161. The highest BCUT2D eigenvalue weighted by atomic mass is 16.6. The van der Waals surface area contributed by atoms with E-state index in [1.807, 2.05) is 6.92 Å². The Balaban J connectivity index is 2.29. The molecule has 4 atom stereocenters. The van der Waals surface area contributed by atoms with Gasteiger partial charge in [0.25, 0.3) is 0 Å². The maximum Gasteiger partial charge on any atom is 0.143 e. The standard InChI is InChI=1S/C16H28N2O3/c1-10-8-18(12(3)17-11(10)2)15-16(4,5)14(20-7)13(21-15)9-19-6/h8,11,13-15H,9H2,1-7H3/t11?,13-,14?,15-/m1/s1. The summed E-state index contributed by atoms with van der Waals surface area (Å²) in [6.45, 7) is 11.1. The van der Waals surface area contributed by atoms with Gasteiger partial charge < -0.3 is 19.1 Å². The van der Waals surface area contributed by atoms with E-state index >= 15 is 0 Å². The average molecular weight is 296 g/mol. The SMILES string of the molecule is COC[C@H]1O[C@@H](N2C=C(C)C(C)N=C2C)C(C)(C)C1OC. The van der Waals surface area contributed by atoms with Crippen molar-refractivity contribution in [2.75, 3.05) is 20.8 Å². The zero-order valence-electron chi connectivity index (χ0n) is 14.2. The molecule has 0 aliphatic carbocycles. The molecule has 0 saturated carbocycles. The van der Waals surface area contributed by atoms with Gasteiger partial charge >= 0.3 is 0 Å². The Morgan fingerprint density at radius 2 is 2.00 bits per heavy atom. The van der Waals surface area contributed by atoms with Crippen molar-refractivity contribution in [3.63, 3.8) is 0 Å². The van der Waals surface area contributed by atoms with Crippen LogP contribution in [0.5, 0.6) is 0 Å². The van der Waals surface area contributed by atoms with Crippen LogP contribution >= 0.6 is 0 Å². The Morgan fingerprint density at radius 3 is 2.57 bits per heavy atom. The molecule has 0 aromatic heterocycles. The highest BCUT2D eigenvalue weighted by Gasteiger charge is 2.53. The first-order valence-corrected chi connectivity index (χ1v) is 7.51. The summed E-state index contributed by atoms with van der Waals surface area (Å²) in [6, 6.07) is 0.235. The van der Waals surface area contributed by atoms with Crippen molar-refractivity contribution in [1.29, 1.82) is 0 Å². The van der Waals surface area contributed by atoms with E-state index in [0.29, 0.717) is 6.61 Å². The van der Waals surface area contributed by atoms with Gasteiger partial charge in [0.05, 0.1) is 18.8 Å². The van der Waals surface area contributed by atoms with Crippen molar-refractivity contribution in [2.24, 2.45) is 10.4 Å². The molecule has 2 aliphatic rings. The van der Waals surface area contributed by atoms with Crippen molar-refractivity contribution in [3.8, 4) is 0 Å². The van der Waals surface area contributed by atoms with E-state index in [1.54, 1.807) is 14.2 Å². The van der Waals surface area contributed by atoms with Crippen LogP contribution in [0.3, 0.4) is 0 Å². The van der Waals surface area contributed by atoms with E-state index in [0.717, 1.165) is 5.84 Å². The van der Waals surface area contributed by atoms with Crippen molar-refractivity contribution in [1.82, 2.24) is 4.90 Å². The molecule has 0 bridgehead atoms. The summed E-state index contributed by atoms with van der Waals surface area (Å²) in [5.41, 5.74) is 1.08. The maximum atomic E-state index is 6.26. The third kappa shape index (κ3) is 2.87. The van der Waals surface area contributed by atoms with Crippen LogP contribution in [0.25, 0.3) is 0 Å². The van der Waals surface area contributed by atoms with Crippen molar-refractivity contribution in [2.45, 2.75) is 59.1 Å². The van der Waals surface area contributed by atoms with Gasteiger partial charge in [-0.15, -0.1) is 0 Å². The average Bonchev–Trinajstić information content (AvgIpc) is 2.65. The zero-order valence-corrected chi connectivity index (χ0v) is 14.2. The van der Waals surface area contributed by atoms with Gasteiger partial charge in [-0.1, -0.05) is 13.8 Å². The summed E-state index contributed by atoms with van der Waals surface area (Å²) in [5.74, 6) is 0.985. The quantitative estimate of drug-likeness (QED) is 0.799. The van der Waals surface area contributed by atoms with E-state index in [9.17, 15) is 0 Å². The number of hydrogen-bond donors (Lipinski definition) is 0. The fourth-order valence-corrected chi connectivity index (χ4v) is 3.31. The first-order chi connectivity index (χ1) is 9.82. The van der Waals surface area contributed by atoms with Crippen molar-refractivity contribution >= 4 is 5.84 Å². The van der Waals surface area contributed by atoms with Crippen LogP contribution in [0, 0.1) is 5.41 Å². The van der Waals surface area contributed by atoms with Gasteiger partial charge in [-0.2, -0.15) is 0 Å². The van der Waals surface area contributed by atoms with E-state index in [4.69, 9.17) is 19.2 Å². The lowest BCUT2D eigenvalue weighted by atomic mass is 9.83. The number of hydrogen-bond acceptors (Lipinski definition) is 5. The Hall–Kier alpha value is -0.910. The molecule has 0 aromatic carbocycles. The van der Waals surface area contributed by atoms with Crippen LogP contribution in [-0.2, 0) is 14.2 Å². The molecule has 0 radical (unpaired) electrons. The summed E-state index contributed by atoms with van der Waals surface area (Å²) >= 11 is 0. The van der Waals surface area contributed by atoms with Gasteiger partial charge in [-0.3, -0.25) is 4.99 Å². The molecule has 1 fully saturated rings. The molecular weight excluding hydrogens is 268 g/mol. The molecule has 2 aliphatic heterocycles. The second-order valence-electron chi connectivity index (χ2n) is 6.59. The molecule has 1 saturated heterocycles. The third-order valence-corrected chi connectivity index (χ3v) is 4.60. The minimum absolute atomic E-state index is 0.0108. The lowest BCUT2D eigenvalue weighted by molar-refractivity contribution is -0.0665. The molecule has 0 N–H and O–H groups in total. The topological polar surface area (TPSA) is 43.3 Å². The molecular formula is C16H28N2O3. The smallest absolute Gasteiger partial charge is 0.143 e. The van der Waals surface area contributed by atoms with Crippen LogP contribution in [0.1, 0.15) is 34.6 Å². The van der Waals surface area contributed by atoms with E-state index in [2.05, 4.69) is 38.8 Å². The molecule has 2 unspecified atom stereocenters. The molecule has 120 valence electrons. The van der Waals surface area contributed by atoms with Crippen LogP contribution in [-0.4, -0.2) is 56.0 Å². The van der Waals surface area contributed by atoms with Crippen LogP contribution in [0.2, 0.25) is 0 Å². The number of methoxy groups -OCH3 is 2. The Labute approximate surface area is 128 Å². The van der Waals surface area contributed by atoms with Gasteiger partial charge in [0.1, 0.15) is 18.2 Å². The Morgan fingerprint density at radius 1 is 1.33 bits per heavy atom. The van der Waals surface area contributed by atoms with Gasteiger partial charge in [0.15, 0.2) is 0 Å². The maximum absolute atomic E-state index is 6.26. The predicted molar refractivity (Wildman–Crippen MR) is 83.3 cm³/mol. The predicted octanol–water partition coefficient (Wildman–Crippen LogP) is 2.43. The van der Waals surface area contributed by atoms with Gasteiger partial charge in [0, 0.05) is 25.8 Å². The van der Waals surface area contributed by atoms with Gasteiger partial charge in [-0.25, -0.2) is 0 Å². The molecule has 2 heterocycles. The fourth-order valence-electron chi connectivity index (χ4n) is 3.31. The lowest BCUT2D eigenvalue weighted by Crippen LogP contribution is -2.47. The van der Waals surface area contributed by atoms with E-state index in [1.165, 1.54) is 5.57 Å². The Kier molecular flexibility index (Phi) is 4.76. The number of rotatable bonds is 4. The highest BCUT2D eigenvalue weighted by molar-refractivity contribution is 5.82. The fraction of sp³-hybridized carbons (Fsp3) is 0.812. The number of ether oxygens (including phenoxy) is 3.